The molecule has 2 aromatic carbocycles. The van der Waals surface area contributed by atoms with Crippen LogP contribution >= 0.6 is 0 Å². The highest BCUT2D eigenvalue weighted by molar-refractivity contribution is 6.14. The number of nitrogens with zero attached hydrogens (tertiary/aromatic N) is 1. The third-order valence-corrected chi connectivity index (χ3v) is 5.01. The zero-order valence-electron chi connectivity index (χ0n) is 18.9. The number of rotatable bonds is 8. The summed E-state index contributed by atoms with van der Waals surface area (Å²) >= 11 is 0. The van der Waals surface area contributed by atoms with Gasteiger partial charge in [-0.25, -0.2) is 14.0 Å². The molecule has 0 radical (unpaired) electrons. The second-order valence-electron chi connectivity index (χ2n) is 7.52. The minimum Gasteiger partial charge on any atom is -0.483 e. The zero-order chi connectivity index (χ0) is 25.7. The highest BCUT2D eigenvalue weighted by Crippen LogP contribution is 2.24. The van der Waals surface area contributed by atoms with Crippen LogP contribution in [0.2, 0.25) is 0 Å². The number of benzene rings is 2. The summed E-state index contributed by atoms with van der Waals surface area (Å²) in [6.07, 6.45) is 1.42. The first-order chi connectivity index (χ1) is 17.3. The molecule has 1 aliphatic heterocycles. The molecule has 0 aliphatic carbocycles. The maximum atomic E-state index is 13.3. The topological polar surface area (TPSA) is 127 Å². The quantitative estimate of drug-likeness (QED) is 0.280. The summed E-state index contributed by atoms with van der Waals surface area (Å²) in [7, 11) is 1.21. The van der Waals surface area contributed by atoms with Crippen molar-refractivity contribution in [2.45, 2.75) is 6.54 Å². The summed E-state index contributed by atoms with van der Waals surface area (Å²) in [5.41, 5.74) is 0.709. The average Bonchev–Trinajstić information content (AvgIpc) is 3.43. The van der Waals surface area contributed by atoms with Gasteiger partial charge in [0.05, 0.1) is 13.7 Å². The van der Waals surface area contributed by atoms with E-state index in [1.807, 2.05) is 0 Å². The molecule has 2 heterocycles. The largest absolute Gasteiger partial charge is 0.483 e. The van der Waals surface area contributed by atoms with E-state index < -0.39 is 29.6 Å². The lowest BCUT2D eigenvalue weighted by atomic mass is 10.1. The minimum absolute atomic E-state index is 0.0139. The predicted octanol–water partition coefficient (Wildman–Crippen LogP) is 3.32. The van der Waals surface area contributed by atoms with Crippen molar-refractivity contribution in [3.05, 3.63) is 89.3 Å². The van der Waals surface area contributed by atoms with E-state index in [1.54, 1.807) is 30.3 Å². The van der Waals surface area contributed by atoms with Crippen molar-refractivity contribution in [3.63, 3.8) is 0 Å². The van der Waals surface area contributed by atoms with Crippen LogP contribution in [0.25, 0.3) is 6.08 Å². The van der Waals surface area contributed by atoms with Crippen LogP contribution in [0.15, 0.2) is 70.8 Å². The Morgan fingerprint density at radius 2 is 1.92 bits per heavy atom. The zero-order valence-corrected chi connectivity index (χ0v) is 18.9. The molecule has 4 rings (SSSR count). The molecule has 2 N–H and O–H groups in total. The number of hydrogen-bond donors (Lipinski definition) is 2. The van der Waals surface area contributed by atoms with Crippen LogP contribution in [0.1, 0.15) is 21.9 Å². The van der Waals surface area contributed by atoms with Crippen LogP contribution in [-0.2, 0) is 20.9 Å². The molecule has 0 saturated carbocycles. The summed E-state index contributed by atoms with van der Waals surface area (Å²) in [4.78, 5) is 49.9. The minimum atomic E-state index is -0.680. The van der Waals surface area contributed by atoms with Crippen molar-refractivity contribution in [2.75, 3.05) is 19.0 Å². The van der Waals surface area contributed by atoms with E-state index in [2.05, 4.69) is 15.4 Å². The molecule has 4 amide bonds. The molecule has 1 aliphatic rings. The Hall–Kier alpha value is -4.93. The van der Waals surface area contributed by atoms with Gasteiger partial charge in [0.15, 0.2) is 6.61 Å². The molecule has 36 heavy (non-hydrogen) atoms. The van der Waals surface area contributed by atoms with E-state index in [9.17, 15) is 23.6 Å². The monoisotopic (exact) mass is 493 g/mol. The third kappa shape index (κ3) is 5.58. The van der Waals surface area contributed by atoms with Crippen LogP contribution in [0.3, 0.4) is 0 Å². The molecule has 1 saturated heterocycles. The highest BCUT2D eigenvalue weighted by Gasteiger charge is 2.34. The van der Waals surface area contributed by atoms with Crippen molar-refractivity contribution < 1.29 is 37.5 Å². The van der Waals surface area contributed by atoms with Gasteiger partial charge in [-0.1, -0.05) is 24.3 Å². The molecular weight excluding hydrogens is 473 g/mol. The fourth-order valence-electron chi connectivity index (χ4n) is 3.34. The molecule has 0 bridgehead atoms. The maximum Gasteiger partial charge on any atom is 0.373 e. The summed E-state index contributed by atoms with van der Waals surface area (Å²) < 4.78 is 28.8. The lowest BCUT2D eigenvalue weighted by molar-refractivity contribution is -0.123. The summed E-state index contributed by atoms with van der Waals surface area (Å²) in [5.74, 6) is -1.84. The predicted molar refractivity (Wildman–Crippen MR) is 124 cm³/mol. The van der Waals surface area contributed by atoms with Crippen molar-refractivity contribution >= 4 is 35.6 Å². The molecule has 10 nitrogen and oxygen atoms in total. The summed E-state index contributed by atoms with van der Waals surface area (Å²) in [6, 6.07) is 14.2. The Balaban J connectivity index is 1.43. The molecule has 184 valence electrons. The number of imide groups is 1. The smallest absolute Gasteiger partial charge is 0.373 e. The first kappa shape index (κ1) is 24.2. The second-order valence-corrected chi connectivity index (χ2v) is 7.52. The number of furan rings is 1. The van der Waals surface area contributed by atoms with Gasteiger partial charge in [-0.15, -0.1) is 0 Å². The van der Waals surface area contributed by atoms with E-state index in [0.717, 1.165) is 4.90 Å². The Kier molecular flexibility index (Phi) is 7.10. The average molecular weight is 493 g/mol. The standard InChI is InChI=1S/C25H20FN3O7/c1-34-24(32)21-10-9-18(36-21)13-29-23(31)19(28-25(29)33)11-15-5-2-3-8-20(15)35-14-22(30)27-17-7-4-6-16(26)12-17/h2-12H,13-14H2,1H3,(H,27,30)(H,28,33)/b19-11-. The van der Waals surface area contributed by atoms with E-state index in [1.165, 1.54) is 43.5 Å². The Bertz CT molecular complexity index is 1360. The first-order valence-corrected chi connectivity index (χ1v) is 10.6. The van der Waals surface area contributed by atoms with E-state index in [-0.39, 0.29) is 41.8 Å². The maximum absolute atomic E-state index is 13.3. The number of halogens is 1. The van der Waals surface area contributed by atoms with Gasteiger partial charge in [-0.2, -0.15) is 0 Å². The molecule has 1 fully saturated rings. The van der Waals surface area contributed by atoms with E-state index in [0.29, 0.717) is 5.56 Å². The molecule has 11 heteroatoms. The molecule has 0 spiro atoms. The van der Waals surface area contributed by atoms with Gasteiger partial charge in [-0.3, -0.25) is 14.5 Å². The lowest BCUT2D eigenvalue weighted by Gasteiger charge is -2.10. The number of urea groups is 1. The Morgan fingerprint density at radius 3 is 2.69 bits per heavy atom. The van der Waals surface area contributed by atoms with Crippen LogP contribution in [0.4, 0.5) is 14.9 Å². The van der Waals surface area contributed by atoms with Crippen LogP contribution in [0.5, 0.6) is 5.75 Å². The van der Waals surface area contributed by atoms with Crippen molar-refractivity contribution in [1.82, 2.24) is 10.2 Å². The van der Waals surface area contributed by atoms with Gasteiger partial charge in [0.2, 0.25) is 5.76 Å². The van der Waals surface area contributed by atoms with E-state index in [4.69, 9.17) is 9.15 Å². The molecular formula is C25H20FN3O7. The summed E-state index contributed by atoms with van der Waals surface area (Å²) in [5, 5.41) is 5.01. The van der Waals surface area contributed by atoms with Crippen molar-refractivity contribution in [3.8, 4) is 5.75 Å². The van der Waals surface area contributed by atoms with Crippen LogP contribution < -0.4 is 15.4 Å². The van der Waals surface area contributed by atoms with Gasteiger partial charge >= 0.3 is 12.0 Å². The fraction of sp³-hybridized carbons (Fsp3) is 0.120. The van der Waals surface area contributed by atoms with Crippen LogP contribution in [-0.4, -0.2) is 42.4 Å². The van der Waals surface area contributed by atoms with Gasteiger partial charge in [0, 0.05) is 11.3 Å². The number of nitrogens with one attached hydrogen (secondary N) is 2. The first-order valence-electron chi connectivity index (χ1n) is 10.6. The van der Waals surface area contributed by atoms with Gasteiger partial charge in [0.25, 0.3) is 11.8 Å². The van der Waals surface area contributed by atoms with Crippen molar-refractivity contribution in [1.29, 1.82) is 0 Å². The molecule has 0 atom stereocenters. The van der Waals surface area contributed by atoms with Crippen LogP contribution in [0, 0.1) is 5.82 Å². The lowest BCUT2D eigenvalue weighted by Crippen LogP contribution is -2.30. The summed E-state index contributed by atoms with van der Waals surface area (Å²) in [6.45, 7) is -0.568. The number of esters is 1. The molecule has 0 unspecified atom stereocenters. The number of ether oxygens (including phenoxy) is 2. The number of carbonyl (C=O) groups excluding carboxylic acids is 4. The normalized spacial score (nSPS) is 14.1. The second kappa shape index (κ2) is 10.6. The third-order valence-electron chi connectivity index (χ3n) is 5.01. The van der Waals surface area contributed by atoms with E-state index >= 15 is 0 Å². The SMILES string of the molecule is COC(=O)c1ccc(CN2C(=O)N/C(=C\c3ccccc3OCC(=O)Nc3cccc(F)c3)C2=O)o1. The number of anilines is 1. The number of para-hydroxylation sites is 1. The Labute approximate surface area is 204 Å². The van der Waals surface area contributed by atoms with Gasteiger partial charge < -0.3 is 24.5 Å². The Morgan fingerprint density at radius 1 is 1.11 bits per heavy atom. The molecule has 3 aromatic rings. The number of hydrogen-bond acceptors (Lipinski definition) is 7. The highest BCUT2D eigenvalue weighted by atomic mass is 19.1. The number of amides is 4. The van der Waals surface area contributed by atoms with Crippen molar-refractivity contribution in [2.24, 2.45) is 0 Å². The van der Waals surface area contributed by atoms with Gasteiger partial charge in [-0.05, 0) is 42.5 Å². The number of carbonyl (C=O) groups is 4. The molecule has 1 aromatic heterocycles. The van der Waals surface area contributed by atoms with Gasteiger partial charge in [0.1, 0.15) is 23.0 Å². The number of methoxy groups -OCH3 is 1. The fourth-order valence-corrected chi connectivity index (χ4v) is 3.34.